The summed E-state index contributed by atoms with van der Waals surface area (Å²) in [5.41, 5.74) is 1.05. The van der Waals surface area contributed by atoms with Gasteiger partial charge in [-0.1, -0.05) is 0 Å². The minimum atomic E-state index is -0.778. The van der Waals surface area contributed by atoms with Crippen molar-refractivity contribution < 1.29 is 14.6 Å². The fraction of sp³-hybridized carbons (Fsp3) is 0.130. The number of anilines is 6. The van der Waals surface area contributed by atoms with E-state index in [1.54, 1.807) is 36.5 Å². The largest absolute Gasteiger partial charge is 0.324 e. The van der Waals surface area contributed by atoms with Crippen molar-refractivity contribution >= 4 is 52.1 Å². The highest BCUT2D eigenvalue weighted by atomic mass is 16.6. The Bertz CT molecular complexity index is 1490. The SMILES string of the molecule is O=C(Nc1ccc(Nc2nccc(Nc3cc(C4CC4)[nH]n3)n2)cc1)Nc1cc([N+](=O)[O-])cc([N+](=O)[O-])c1. The quantitative estimate of drug-likeness (QED) is 0.148. The molecule has 15 nitrogen and oxygen atoms in total. The minimum Gasteiger partial charge on any atom is -0.324 e. The van der Waals surface area contributed by atoms with Crippen molar-refractivity contribution in [3.63, 3.8) is 0 Å². The van der Waals surface area contributed by atoms with Crippen LogP contribution in [0.3, 0.4) is 0 Å². The summed E-state index contributed by atoms with van der Waals surface area (Å²) in [6, 6.07) is 12.4. The number of benzene rings is 2. The van der Waals surface area contributed by atoms with Gasteiger partial charge in [-0.05, 0) is 43.2 Å². The Labute approximate surface area is 214 Å². The number of nitrogens with one attached hydrogen (secondary N) is 5. The lowest BCUT2D eigenvalue weighted by Gasteiger charge is -2.10. The van der Waals surface area contributed by atoms with E-state index in [1.807, 2.05) is 6.07 Å². The smallest absolute Gasteiger partial charge is 0.323 e. The number of nitro groups is 2. The van der Waals surface area contributed by atoms with E-state index in [4.69, 9.17) is 0 Å². The first-order valence-electron chi connectivity index (χ1n) is 11.4. The standard InChI is InChI=1S/C23H20N10O5/c34-23(27-16-9-17(32(35)36)11-18(10-16)33(37)38)26-15-5-3-14(4-6-15)25-22-24-8-7-20(29-22)28-21-12-19(30-31-21)13-1-2-13/h3-13H,1-2H2,(H2,26,27,34)(H3,24,25,28,29,30,31). The first-order valence-corrected chi connectivity index (χ1v) is 11.4. The molecule has 0 unspecified atom stereocenters. The molecule has 0 spiro atoms. The molecule has 38 heavy (non-hydrogen) atoms. The average molecular weight is 516 g/mol. The molecule has 2 aromatic carbocycles. The molecule has 4 aromatic rings. The molecule has 1 aliphatic carbocycles. The predicted octanol–water partition coefficient (Wildman–Crippen LogP) is 5.02. The van der Waals surface area contributed by atoms with Crippen molar-refractivity contribution in [1.82, 2.24) is 20.2 Å². The summed E-state index contributed by atoms with van der Waals surface area (Å²) in [7, 11) is 0. The fourth-order valence-corrected chi connectivity index (χ4v) is 3.56. The summed E-state index contributed by atoms with van der Waals surface area (Å²) in [4.78, 5) is 41.5. The summed E-state index contributed by atoms with van der Waals surface area (Å²) in [6.45, 7) is 0. The van der Waals surface area contributed by atoms with Gasteiger partial charge in [0.1, 0.15) is 5.82 Å². The number of urea groups is 1. The third kappa shape index (κ3) is 5.96. The van der Waals surface area contributed by atoms with E-state index in [1.165, 1.54) is 12.8 Å². The number of non-ortho nitro benzene ring substituents is 2. The Balaban J connectivity index is 1.19. The molecule has 0 bridgehead atoms. The Morgan fingerprint density at radius 2 is 1.50 bits per heavy atom. The molecule has 2 amide bonds. The molecule has 2 aromatic heterocycles. The summed E-state index contributed by atoms with van der Waals surface area (Å²) in [5, 5.41) is 40.5. The van der Waals surface area contributed by atoms with Crippen LogP contribution >= 0.6 is 0 Å². The van der Waals surface area contributed by atoms with E-state index in [9.17, 15) is 25.0 Å². The van der Waals surface area contributed by atoms with Crippen molar-refractivity contribution in [3.05, 3.63) is 86.7 Å². The molecule has 0 aliphatic heterocycles. The van der Waals surface area contributed by atoms with E-state index in [-0.39, 0.29) is 5.69 Å². The monoisotopic (exact) mass is 516 g/mol. The molecule has 2 heterocycles. The van der Waals surface area contributed by atoms with Crippen molar-refractivity contribution in [1.29, 1.82) is 0 Å². The summed E-state index contributed by atoms with van der Waals surface area (Å²) >= 11 is 0. The number of hydrogen-bond acceptors (Lipinski definition) is 10. The number of carbonyl (C=O) groups is 1. The third-order valence-corrected chi connectivity index (χ3v) is 5.51. The van der Waals surface area contributed by atoms with Crippen LogP contribution in [0.25, 0.3) is 0 Å². The van der Waals surface area contributed by atoms with Gasteiger partial charge in [-0.3, -0.25) is 25.3 Å². The zero-order chi connectivity index (χ0) is 26.6. The number of carbonyl (C=O) groups excluding carboxylic acids is 1. The molecule has 192 valence electrons. The first kappa shape index (κ1) is 24.1. The molecule has 1 saturated carbocycles. The molecule has 0 saturated heterocycles. The van der Waals surface area contributed by atoms with Gasteiger partial charge >= 0.3 is 6.03 Å². The van der Waals surface area contributed by atoms with Crippen LogP contribution in [0.5, 0.6) is 0 Å². The molecule has 5 N–H and O–H groups in total. The van der Waals surface area contributed by atoms with Crippen LogP contribution in [0.1, 0.15) is 24.5 Å². The van der Waals surface area contributed by atoms with Gasteiger partial charge in [-0.25, -0.2) is 9.78 Å². The number of aromatic amines is 1. The number of amides is 2. The Morgan fingerprint density at radius 1 is 0.842 bits per heavy atom. The van der Waals surface area contributed by atoms with Gasteiger partial charge in [0, 0.05) is 47.4 Å². The number of aromatic nitrogens is 4. The van der Waals surface area contributed by atoms with Crippen molar-refractivity contribution in [2.24, 2.45) is 0 Å². The van der Waals surface area contributed by atoms with E-state index >= 15 is 0 Å². The van der Waals surface area contributed by atoms with Crippen molar-refractivity contribution in [3.8, 4) is 0 Å². The lowest BCUT2D eigenvalue weighted by Crippen LogP contribution is -2.19. The number of nitrogens with zero attached hydrogens (tertiary/aromatic N) is 5. The van der Waals surface area contributed by atoms with E-state index in [0.717, 1.165) is 23.9 Å². The lowest BCUT2D eigenvalue weighted by atomic mass is 10.2. The van der Waals surface area contributed by atoms with Gasteiger partial charge in [0.05, 0.1) is 21.6 Å². The molecule has 0 atom stereocenters. The van der Waals surface area contributed by atoms with E-state index < -0.39 is 27.3 Å². The van der Waals surface area contributed by atoms with Crippen LogP contribution in [0.4, 0.5) is 50.8 Å². The van der Waals surface area contributed by atoms with Crippen LogP contribution in [-0.2, 0) is 0 Å². The second-order valence-electron chi connectivity index (χ2n) is 8.41. The van der Waals surface area contributed by atoms with Crippen LogP contribution in [0, 0.1) is 20.2 Å². The molecule has 1 aliphatic rings. The van der Waals surface area contributed by atoms with Crippen LogP contribution in [0.15, 0.2) is 60.8 Å². The van der Waals surface area contributed by atoms with E-state index in [2.05, 4.69) is 41.4 Å². The third-order valence-electron chi connectivity index (χ3n) is 5.51. The Kier molecular flexibility index (Phi) is 6.46. The first-order chi connectivity index (χ1) is 18.3. The Morgan fingerprint density at radius 3 is 2.16 bits per heavy atom. The van der Waals surface area contributed by atoms with Crippen LogP contribution in [0.2, 0.25) is 0 Å². The molecular weight excluding hydrogens is 496 g/mol. The maximum atomic E-state index is 12.3. The molecule has 15 heteroatoms. The maximum absolute atomic E-state index is 12.3. The predicted molar refractivity (Wildman–Crippen MR) is 138 cm³/mol. The maximum Gasteiger partial charge on any atom is 0.323 e. The zero-order valence-electron chi connectivity index (χ0n) is 19.5. The highest BCUT2D eigenvalue weighted by molar-refractivity contribution is 6.00. The topological polar surface area (TPSA) is 206 Å². The molecule has 1 fully saturated rings. The highest BCUT2D eigenvalue weighted by Gasteiger charge is 2.25. The molecule has 5 rings (SSSR count). The van der Waals surface area contributed by atoms with Gasteiger partial charge in [-0.15, -0.1) is 0 Å². The molecule has 0 radical (unpaired) electrons. The minimum absolute atomic E-state index is 0.0917. The van der Waals surface area contributed by atoms with Gasteiger partial charge < -0.3 is 21.3 Å². The molecular formula is C23H20N10O5. The average Bonchev–Trinajstić information content (AvgIpc) is 3.64. The van der Waals surface area contributed by atoms with Gasteiger partial charge in [-0.2, -0.15) is 10.1 Å². The lowest BCUT2D eigenvalue weighted by molar-refractivity contribution is -0.394. The van der Waals surface area contributed by atoms with Crippen molar-refractivity contribution in [2.45, 2.75) is 18.8 Å². The van der Waals surface area contributed by atoms with Crippen molar-refractivity contribution in [2.75, 3.05) is 21.3 Å². The zero-order valence-corrected chi connectivity index (χ0v) is 19.5. The number of rotatable bonds is 9. The second-order valence-corrected chi connectivity index (χ2v) is 8.41. The van der Waals surface area contributed by atoms with E-state index in [0.29, 0.717) is 34.9 Å². The number of H-pyrrole nitrogens is 1. The second kappa shape index (κ2) is 10.2. The summed E-state index contributed by atoms with van der Waals surface area (Å²) < 4.78 is 0. The van der Waals surface area contributed by atoms with Crippen LogP contribution < -0.4 is 21.3 Å². The fourth-order valence-electron chi connectivity index (χ4n) is 3.56. The van der Waals surface area contributed by atoms with Gasteiger partial charge in [0.25, 0.3) is 11.4 Å². The normalized spacial score (nSPS) is 12.4. The Hall–Kier alpha value is -5.60. The summed E-state index contributed by atoms with van der Waals surface area (Å²) in [5.74, 6) is 2.14. The van der Waals surface area contributed by atoms with Gasteiger partial charge in [0.15, 0.2) is 5.82 Å². The summed E-state index contributed by atoms with van der Waals surface area (Å²) in [6.07, 6.45) is 3.94. The number of nitro benzene ring substituents is 2. The van der Waals surface area contributed by atoms with Crippen LogP contribution in [-0.4, -0.2) is 36.0 Å². The van der Waals surface area contributed by atoms with Gasteiger partial charge in [0.2, 0.25) is 5.95 Å². The number of hydrogen-bond donors (Lipinski definition) is 5. The highest BCUT2D eigenvalue weighted by Crippen LogP contribution is 2.39.